The summed E-state index contributed by atoms with van der Waals surface area (Å²) < 4.78 is 20.2. The molecule has 1 fully saturated rings. The summed E-state index contributed by atoms with van der Waals surface area (Å²) in [6.07, 6.45) is 0.0428. The highest BCUT2D eigenvalue weighted by Gasteiger charge is 2.38. The number of halogens is 2. The molecule has 5 rings (SSSR count). The van der Waals surface area contributed by atoms with Crippen molar-refractivity contribution in [2.24, 2.45) is 4.99 Å². The quantitative estimate of drug-likeness (QED) is 0.393. The molecule has 1 unspecified atom stereocenters. The lowest BCUT2D eigenvalue weighted by Crippen LogP contribution is -2.55. The second-order valence-electron chi connectivity index (χ2n) is 9.50. The Bertz CT molecular complexity index is 1350. The Labute approximate surface area is 221 Å². The van der Waals surface area contributed by atoms with Crippen LogP contribution < -0.4 is 9.80 Å². The van der Waals surface area contributed by atoms with Crippen LogP contribution in [-0.2, 0) is 9.53 Å². The van der Waals surface area contributed by atoms with Crippen LogP contribution in [0.1, 0.15) is 29.2 Å². The van der Waals surface area contributed by atoms with E-state index in [1.54, 1.807) is 6.07 Å². The molecule has 2 aliphatic heterocycles. The van der Waals surface area contributed by atoms with Gasteiger partial charge < -0.3 is 19.4 Å². The zero-order valence-corrected chi connectivity index (χ0v) is 22.0. The number of aliphatic imine (C=N–C) groups is 1. The van der Waals surface area contributed by atoms with Gasteiger partial charge in [0, 0.05) is 48.1 Å². The summed E-state index contributed by atoms with van der Waals surface area (Å²) in [7, 11) is 1.37. The largest absolute Gasteiger partial charge is 0.469 e. The van der Waals surface area contributed by atoms with Crippen molar-refractivity contribution < 1.29 is 13.9 Å². The van der Waals surface area contributed by atoms with Crippen LogP contribution in [0.5, 0.6) is 0 Å². The molecule has 192 valence electrons. The minimum atomic E-state index is -0.502. The van der Waals surface area contributed by atoms with E-state index in [-0.39, 0.29) is 18.1 Å². The van der Waals surface area contributed by atoms with Crippen molar-refractivity contribution in [2.45, 2.75) is 26.3 Å². The van der Waals surface area contributed by atoms with Gasteiger partial charge in [0.25, 0.3) is 0 Å². The standard InChI is InChI=1S/C29H30ClFN4O2/c1-19-6-4-7-22(16-19)33-12-14-34(15-13-33)29-32-28-23(8-5-9-24(28)31)26(18-27(36)37-3)35(29)25-17-21(30)11-10-20(25)2/h4-11,16-17,26H,12-15,18H2,1-3H3. The van der Waals surface area contributed by atoms with Gasteiger partial charge in [-0.25, -0.2) is 9.38 Å². The molecule has 37 heavy (non-hydrogen) atoms. The SMILES string of the molecule is COC(=O)CC1c2cccc(F)c2N=C(N2CCN(c3cccc(C)c3)CC2)N1c1cc(Cl)ccc1C. The van der Waals surface area contributed by atoms with E-state index in [0.717, 1.165) is 24.3 Å². The molecule has 2 aliphatic rings. The first-order valence-electron chi connectivity index (χ1n) is 12.4. The Morgan fingerprint density at radius 1 is 1.03 bits per heavy atom. The molecule has 3 aromatic rings. The van der Waals surface area contributed by atoms with Gasteiger partial charge in [-0.05, 0) is 55.3 Å². The van der Waals surface area contributed by atoms with E-state index in [9.17, 15) is 4.79 Å². The number of esters is 1. The summed E-state index contributed by atoms with van der Waals surface area (Å²) in [5, 5.41) is 0.575. The van der Waals surface area contributed by atoms with Crippen molar-refractivity contribution in [3.63, 3.8) is 0 Å². The Morgan fingerprint density at radius 2 is 1.76 bits per heavy atom. The average Bonchev–Trinajstić information content (AvgIpc) is 2.90. The average molecular weight is 521 g/mol. The summed E-state index contributed by atoms with van der Waals surface area (Å²) in [6.45, 7) is 7.05. The number of benzene rings is 3. The first-order chi connectivity index (χ1) is 17.9. The number of para-hydroxylation sites is 1. The van der Waals surface area contributed by atoms with Crippen LogP contribution in [0.15, 0.2) is 65.7 Å². The topological polar surface area (TPSA) is 48.4 Å². The van der Waals surface area contributed by atoms with E-state index >= 15 is 4.39 Å². The molecular formula is C29H30ClFN4O2. The lowest BCUT2D eigenvalue weighted by atomic mass is 9.96. The van der Waals surface area contributed by atoms with Gasteiger partial charge in [-0.2, -0.15) is 0 Å². The minimum absolute atomic E-state index is 0.0428. The Morgan fingerprint density at radius 3 is 2.49 bits per heavy atom. The number of carbonyl (C=O) groups is 1. The highest BCUT2D eigenvalue weighted by molar-refractivity contribution is 6.31. The number of methoxy groups -OCH3 is 1. The van der Waals surface area contributed by atoms with Crippen molar-refractivity contribution in [1.29, 1.82) is 0 Å². The number of nitrogens with zero attached hydrogens (tertiary/aromatic N) is 4. The summed E-state index contributed by atoms with van der Waals surface area (Å²) in [5.74, 6) is -0.179. The van der Waals surface area contributed by atoms with Crippen LogP contribution in [0.3, 0.4) is 0 Å². The molecule has 0 N–H and O–H groups in total. The van der Waals surface area contributed by atoms with E-state index in [4.69, 9.17) is 21.3 Å². The fourth-order valence-corrected chi connectivity index (χ4v) is 5.29. The zero-order valence-electron chi connectivity index (χ0n) is 21.2. The molecule has 0 aliphatic carbocycles. The van der Waals surface area contributed by atoms with Gasteiger partial charge in [-0.3, -0.25) is 4.79 Å². The summed E-state index contributed by atoms with van der Waals surface area (Å²) in [5.41, 5.74) is 5.13. The van der Waals surface area contributed by atoms with Gasteiger partial charge in [0.05, 0.1) is 19.6 Å². The molecule has 1 atom stereocenters. The third kappa shape index (κ3) is 5.01. The maximum Gasteiger partial charge on any atom is 0.307 e. The molecular weight excluding hydrogens is 491 g/mol. The number of hydrogen-bond donors (Lipinski definition) is 0. The summed E-state index contributed by atoms with van der Waals surface area (Å²) in [6, 6.07) is 18.5. The highest BCUT2D eigenvalue weighted by Crippen LogP contribution is 2.43. The van der Waals surface area contributed by atoms with Gasteiger partial charge in [-0.15, -0.1) is 0 Å². The van der Waals surface area contributed by atoms with Gasteiger partial charge in [0.15, 0.2) is 0 Å². The molecule has 8 heteroatoms. The van der Waals surface area contributed by atoms with Gasteiger partial charge in [-0.1, -0.05) is 41.9 Å². The molecule has 0 amide bonds. The second kappa shape index (κ2) is 10.4. The van der Waals surface area contributed by atoms with Crippen LogP contribution in [0.4, 0.5) is 21.5 Å². The van der Waals surface area contributed by atoms with Crippen molar-refractivity contribution in [2.75, 3.05) is 43.1 Å². The Hall–Kier alpha value is -3.58. The van der Waals surface area contributed by atoms with Crippen molar-refractivity contribution in [1.82, 2.24) is 4.90 Å². The van der Waals surface area contributed by atoms with E-state index < -0.39 is 11.9 Å². The molecule has 0 bridgehead atoms. The third-order valence-electron chi connectivity index (χ3n) is 7.06. The fourth-order valence-electron chi connectivity index (χ4n) is 5.12. The molecule has 3 aromatic carbocycles. The van der Waals surface area contributed by atoms with Crippen molar-refractivity contribution in [3.05, 3.63) is 88.2 Å². The Kier molecular flexibility index (Phi) is 7.07. The highest BCUT2D eigenvalue weighted by atomic mass is 35.5. The van der Waals surface area contributed by atoms with Gasteiger partial charge >= 0.3 is 5.97 Å². The molecule has 0 radical (unpaired) electrons. The summed E-state index contributed by atoms with van der Waals surface area (Å²) >= 11 is 6.44. The molecule has 0 spiro atoms. The van der Waals surface area contributed by atoms with Crippen molar-refractivity contribution >= 4 is 40.6 Å². The maximum absolute atomic E-state index is 15.1. The number of aryl methyl sites for hydroxylation is 2. The molecule has 6 nitrogen and oxygen atoms in total. The number of fused-ring (bicyclic) bond motifs is 1. The van der Waals surface area contributed by atoms with E-state index in [1.165, 1.54) is 24.4 Å². The zero-order chi connectivity index (χ0) is 26.1. The first kappa shape index (κ1) is 25.1. The summed E-state index contributed by atoms with van der Waals surface area (Å²) in [4.78, 5) is 24.0. The number of carbonyl (C=O) groups excluding carboxylic acids is 1. The van der Waals surface area contributed by atoms with Crippen LogP contribution in [0, 0.1) is 19.7 Å². The van der Waals surface area contributed by atoms with Crippen molar-refractivity contribution in [3.8, 4) is 0 Å². The lowest BCUT2D eigenvalue weighted by molar-refractivity contribution is -0.141. The maximum atomic E-state index is 15.1. The number of guanidine groups is 1. The van der Waals surface area contributed by atoms with Crippen LogP contribution >= 0.6 is 11.6 Å². The smallest absolute Gasteiger partial charge is 0.307 e. The van der Waals surface area contributed by atoms with Gasteiger partial charge in [0.2, 0.25) is 5.96 Å². The number of piperazine rings is 1. The van der Waals surface area contributed by atoms with E-state index in [0.29, 0.717) is 29.6 Å². The molecule has 1 saturated heterocycles. The number of hydrogen-bond acceptors (Lipinski definition) is 6. The van der Waals surface area contributed by atoms with E-state index in [2.05, 4.69) is 41.0 Å². The predicted molar refractivity (Wildman–Crippen MR) is 147 cm³/mol. The van der Waals surface area contributed by atoms with Crippen LogP contribution in [0.2, 0.25) is 5.02 Å². The number of rotatable bonds is 4. The lowest BCUT2D eigenvalue weighted by Gasteiger charge is -2.45. The third-order valence-corrected chi connectivity index (χ3v) is 7.30. The normalized spacial score (nSPS) is 17.4. The fraction of sp³-hybridized carbons (Fsp3) is 0.310. The first-order valence-corrected chi connectivity index (χ1v) is 12.8. The predicted octanol–water partition coefficient (Wildman–Crippen LogP) is 6.03. The minimum Gasteiger partial charge on any atom is -0.469 e. The van der Waals surface area contributed by atoms with Crippen LogP contribution in [-0.4, -0.2) is 50.1 Å². The number of ether oxygens (including phenoxy) is 1. The molecule has 2 heterocycles. The molecule has 0 saturated carbocycles. The molecule has 0 aromatic heterocycles. The number of anilines is 2. The Balaban J connectivity index is 1.57. The van der Waals surface area contributed by atoms with E-state index in [1.807, 2.05) is 36.1 Å². The monoisotopic (exact) mass is 520 g/mol. The van der Waals surface area contributed by atoms with Crippen LogP contribution in [0.25, 0.3) is 0 Å². The van der Waals surface area contributed by atoms with Gasteiger partial charge in [0.1, 0.15) is 11.5 Å². The second-order valence-corrected chi connectivity index (χ2v) is 9.94.